The van der Waals surface area contributed by atoms with Crippen LogP contribution in [0.4, 0.5) is 0 Å². The van der Waals surface area contributed by atoms with E-state index in [1.807, 2.05) is 0 Å². The summed E-state index contributed by atoms with van der Waals surface area (Å²) in [5, 5.41) is 13.3. The number of ether oxygens (including phenoxy) is 1. The summed E-state index contributed by atoms with van der Waals surface area (Å²) in [6.45, 7) is 4.12. The van der Waals surface area contributed by atoms with Gasteiger partial charge in [0.25, 0.3) is 0 Å². The molecule has 1 atom stereocenters. The van der Waals surface area contributed by atoms with Gasteiger partial charge in [-0.1, -0.05) is 12.8 Å². The number of methoxy groups -OCH3 is 1. The molecule has 2 fully saturated rings. The SMILES string of the molecule is COCCN1CCC[C@@H](C(=O)NCCC2(O)CCCC2)C1. The number of amides is 1. The van der Waals surface area contributed by atoms with Gasteiger partial charge in [0, 0.05) is 26.7 Å². The second-order valence-corrected chi connectivity index (χ2v) is 6.61. The molecule has 1 aliphatic heterocycles. The fourth-order valence-corrected chi connectivity index (χ4v) is 3.54. The van der Waals surface area contributed by atoms with Crippen LogP contribution in [0.1, 0.15) is 44.9 Å². The molecular formula is C16H30N2O3. The van der Waals surface area contributed by atoms with E-state index in [0.29, 0.717) is 13.0 Å². The zero-order valence-corrected chi connectivity index (χ0v) is 13.3. The van der Waals surface area contributed by atoms with Crippen LogP contribution >= 0.6 is 0 Å². The quantitative estimate of drug-likeness (QED) is 0.740. The molecular weight excluding hydrogens is 268 g/mol. The number of rotatable bonds is 7. The van der Waals surface area contributed by atoms with Crippen molar-refractivity contribution >= 4 is 5.91 Å². The summed E-state index contributed by atoms with van der Waals surface area (Å²) in [4.78, 5) is 14.6. The highest BCUT2D eigenvalue weighted by atomic mass is 16.5. The Labute approximate surface area is 128 Å². The minimum Gasteiger partial charge on any atom is -0.390 e. The molecule has 5 heteroatoms. The van der Waals surface area contributed by atoms with Crippen molar-refractivity contribution in [3.63, 3.8) is 0 Å². The molecule has 0 aromatic rings. The van der Waals surface area contributed by atoms with Crippen molar-refractivity contribution < 1.29 is 14.6 Å². The van der Waals surface area contributed by atoms with Gasteiger partial charge in [0.2, 0.25) is 5.91 Å². The van der Waals surface area contributed by atoms with Gasteiger partial charge in [-0.2, -0.15) is 0 Å². The monoisotopic (exact) mass is 298 g/mol. The lowest BCUT2D eigenvalue weighted by molar-refractivity contribution is -0.127. The Morgan fingerprint density at radius 1 is 1.38 bits per heavy atom. The average molecular weight is 298 g/mol. The number of carbonyl (C=O) groups excluding carboxylic acids is 1. The number of likely N-dealkylation sites (tertiary alicyclic amines) is 1. The maximum absolute atomic E-state index is 12.2. The summed E-state index contributed by atoms with van der Waals surface area (Å²) < 4.78 is 5.10. The van der Waals surface area contributed by atoms with E-state index in [1.54, 1.807) is 7.11 Å². The van der Waals surface area contributed by atoms with E-state index < -0.39 is 5.60 Å². The molecule has 0 spiro atoms. The van der Waals surface area contributed by atoms with Crippen molar-refractivity contribution in [3.8, 4) is 0 Å². The highest BCUT2D eigenvalue weighted by molar-refractivity contribution is 5.78. The van der Waals surface area contributed by atoms with Crippen LogP contribution in [0.2, 0.25) is 0 Å². The molecule has 0 unspecified atom stereocenters. The fraction of sp³-hybridized carbons (Fsp3) is 0.938. The summed E-state index contributed by atoms with van der Waals surface area (Å²) in [5.41, 5.74) is -0.523. The number of nitrogens with one attached hydrogen (secondary N) is 1. The van der Waals surface area contributed by atoms with E-state index in [-0.39, 0.29) is 11.8 Å². The molecule has 1 amide bonds. The van der Waals surface area contributed by atoms with E-state index in [9.17, 15) is 9.90 Å². The van der Waals surface area contributed by atoms with Gasteiger partial charge in [0.05, 0.1) is 18.1 Å². The maximum Gasteiger partial charge on any atom is 0.224 e. The first-order chi connectivity index (χ1) is 10.1. The highest BCUT2D eigenvalue weighted by Gasteiger charge is 2.31. The summed E-state index contributed by atoms with van der Waals surface area (Å²) in [6, 6.07) is 0. The Morgan fingerprint density at radius 2 is 2.14 bits per heavy atom. The molecule has 0 bridgehead atoms. The van der Waals surface area contributed by atoms with Crippen molar-refractivity contribution in [1.29, 1.82) is 0 Å². The van der Waals surface area contributed by atoms with Gasteiger partial charge >= 0.3 is 0 Å². The number of carbonyl (C=O) groups is 1. The van der Waals surface area contributed by atoms with Crippen molar-refractivity contribution in [2.45, 2.75) is 50.5 Å². The van der Waals surface area contributed by atoms with Crippen LogP contribution in [0.5, 0.6) is 0 Å². The second-order valence-electron chi connectivity index (χ2n) is 6.61. The molecule has 1 aliphatic carbocycles. The third-order valence-corrected chi connectivity index (χ3v) is 4.91. The van der Waals surface area contributed by atoms with Crippen LogP contribution < -0.4 is 5.32 Å². The largest absolute Gasteiger partial charge is 0.390 e. The number of nitrogens with zero attached hydrogens (tertiary/aromatic N) is 1. The van der Waals surface area contributed by atoms with Crippen molar-refractivity contribution in [3.05, 3.63) is 0 Å². The van der Waals surface area contributed by atoms with Gasteiger partial charge in [-0.05, 0) is 38.6 Å². The molecule has 0 aromatic carbocycles. The maximum atomic E-state index is 12.2. The van der Waals surface area contributed by atoms with Gasteiger partial charge in [0.1, 0.15) is 0 Å². The molecule has 21 heavy (non-hydrogen) atoms. The number of hydrogen-bond donors (Lipinski definition) is 2. The zero-order valence-electron chi connectivity index (χ0n) is 13.3. The van der Waals surface area contributed by atoms with Crippen LogP contribution in [0.3, 0.4) is 0 Å². The standard InChI is InChI=1S/C16H30N2O3/c1-21-12-11-18-10-4-5-14(13-18)15(19)17-9-8-16(20)6-2-3-7-16/h14,20H,2-13H2,1H3,(H,17,19)/t14-/m1/s1. The summed E-state index contributed by atoms with van der Waals surface area (Å²) in [6.07, 6.45) is 6.74. The zero-order chi connectivity index (χ0) is 15.1. The predicted molar refractivity (Wildman–Crippen MR) is 82.1 cm³/mol. The van der Waals surface area contributed by atoms with Crippen molar-refractivity contribution in [1.82, 2.24) is 10.2 Å². The number of hydrogen-bond acceptors (Lipinski definition) is 4. The lowest BCUT2D eigenvalue weighted by Crippen LogP contribution is -2.44. The third-order valence-electron chi connectivity index (χ3n) is 4.91. The Hall–Kier alpha value is -0.650. The number of aliphatic hydroxyl groups is 1. The van der Waals surface area contributed by atoms with Crippen LogP contribution in [0.25, 0.3) is 0 Å². The molecule has 0 aromatic heterocycles. The van der Waals surface area contributed by atoms with Crippen LogP contribution in [-0.2, 0) is 9.53 Å². The molecule has 2 rings (SSSR count). The van der Waals surface area contributed by atoms with Crippen LogP contribution in [-0.4, -0.2) is 61.4 Å². The van der Waals surface area contributed by atoms with Gasteiger partial charge in [0.15, 0.2) is 0 Å². The number of piperidine rings is 1. The molecule has 2 aliphatic rings. The Balaban J connectivity index is 1.67. The first kappa shape index (κ1) is 16.7. The van der Waals surface area contributed by atoms with E-state index >= 15 is 0 Å². The second kappa shape index (κ2) is 8.11. The summed E-state index contributed by atoms with van der Waals surface area (Å²) in [5.74, 6) is 0.243. The molecule has 1 heterocycles. The minimum atomic E-state index is -0.523. The highest BCUT2D eigenvalue weighted by Crippen LogP contribution is 2.31. The Bertz CT molecular complexity index is 329. The third kappa shape index (κ3) is 5.24. The van der Waals surface area contributed by atoms with E-state index in [2.05, 4.69) is 10.2 Å². The van der Waals surface area contributed by atoms with E-state index in [4.69, 9.17) is 4.74 Å². The van der Waals surface area contributed by atoms with Crippen LogP contribution in [0, 0.1) is 5.92 Å². The first-order valence-electron chi connectivity index (χ1n) is 8.34. The van der Waals surface area contributed by atoms with Crippen LogP contribution in [0.15, 0.2) is 0 Å². The first-order valence-corrected chi connectivity index (χ1v) is 8.34. The van der Waals surface area contributed by atoms with E-state index in [1.165, 1.54) is 0 Å². The van der Waals surface area contributed by atoms with Crippen molar-refractivity contribution in [2.24, 2.45) is 5.92 Å². The normalized spacial score (nSPS) is 25.9. The fourth-order valence-electron chi connectivity index (χ4n) is 3.54. The molecule has 5 nitrogen and oxygen atoms in total. The molecule has 2 N–H and O–H groups in total. The minimum absolute atomic E-state index is 0.0915. The average Bonchev–Trinajstić information content (AvgIpc) is 2.92. The van der Waals surface area contributed by atoms with Gasteiger partial charge in [-0.3, -0.25) is 4.79 Å². The molecule has 1 saturated carbocycles. The van der Waals surface area contributed by atoms with Gasteiger partial charge < -0.3 is 20.1 Å². The lowest BCUT2D eigenvalue weighted by Gasteiger charge is -2.32. The topological polar surface area (TPSA) is 61.8 Å². The summed E-state index contributed by atoms with van der Waals surface area (Å²) in [7, 11) is 1.71. The smallest absolute Gasteiger partial charge is 0.224 e. The predicted octanol–water partition coefficient (Wildman–Crippen LogP) is 1.16. The van der Waals surface area contributed by atoms with Gasteiger partial charge in [-0.25, -0.2) is 0 Å². The molecule has 0 radical (unpaired) electrons. The van der Waals surface area contributed by atoms with Gasteiger partial charge in [-0.15, -0.1) is 0 Å². The Morgan fingerprint density at radius 3 is 2.86 bits per heavy atom. The van der Waals surface area contributed by atoms with Crippen molar-refractivity contribution in [2.75, 3.05) is 39.9 Å². The Kier molecular flexibility index (Phi) is 6.45. The lowest BCUT2D eigenvalue weighted by atomic mass is 9.96. The summed E-state index contributed by atoms with van der Waals surface area (Å²) >= 11 is 0. The molecule has 122 valence electrons. The van der Waals surface area contributed by atoms with E-state index in [0.717, 1.165) is 64.8 Å². The molecule has 1 saturated heterocycles.